The molecule has 0 spiro atoms. The molecule has 3 aromatic rings. The Morgan fingerprint density at radius 1 is 1.27 bits per heavy atom. The minimum atomic E-state index is -0.321. The summed E-state index contributed by atoms with van der Waals surface area (Å²) >= 11 is 5.94. The van der Waals surface area contributed by atoms with Crippen molar-refractivity contribution < 1.29 is 5.11 Å². The molecule has 1 saturated heterocycles. The number of aliphatic hydroxyl groups is 1. The molecule has 1 aliphatic heterocycles. The summed E-state index contributed by atoms with van der Waals surface area (Å²) < 4.78 is 1.85. The number of nitrogens with one attached hydrogen (secondary N) is 1. The number of H-pyrrole nitrogens is 1. The van der Waals surface area contributed by atoms with Gasteiger partial charge in [0, 0.05) is 48.0 Å². The number of nitrogens with zero attached hydrogens (tertiary/aromatic N) is 4. The van der Waals surface area contributed by atoms with Gasteiger partial charge in [0.15, 0.2) is 0 Å². The third kappa shape index (κ3) is 3.82. The van der Waals surface area contributed by atoms with Crippen LogP contribution in [-0.2, 0) is 13.0 Å². The van der Waals surface area contributed by atoms with E-state index < -0.39 is 0 Å². The Morgan fingerprint density at radius 3 is 2.81 bits per heavy atom. The molecule has 1 fully saturated rings. The fourth-order valence-electron chi connectivity index (χ4n) is 3.55. The maximum Gasteiger partial charge on any atom is 0.0711 e. The first-order chi connectivity index (χ1) is 12.6. The second-order valence-electron chi connectivity index (χ2n) is 7.04. The van der Waals surface area contributed by atoms with Crippen molar-refractivity contribution in [3.05, 3.63) is 64.7 Å². The van der Waals surface area contributed by atoms with Gasteiger partial charge in [0.05, 0.1) is 23.7 Å². The summed E-state index contributed by atoms with van der Waals surface area (Å²) in [5, 5.41) is 22.8. The summed E-state index contributed by atoms with van der Waals surface area (Å²) in [7, 11) is 0. The average molecular weight is 372 g/mol. The van der Waals surface area contributed by atoms with Crippen LogP contribution in [0.2, 0.25) is 5.02 Å². The van der Waals surface area contributed by atoms with Crippen LogP contribution < -0.4 is 0 Å². The summed E-state index contributed by atoms with van der Waals surface area (Å²) in [6, 6.07) is 9.65. The number of hydrogen-bond donors (Lipinski definition) is 2. The maximum absolute atomic E-state index is 10.4. The molecule has 0 radical (unpaired) electrons. The predicted octanol–water partition coefficient (Wildman–Crippen LogP) is 2.59. The lowest BCUT2D eigenvalue weighted by molar-refractivity contribution is 0.140. The van der Waals surface area contributed by atoms with E-state index in [-0.39, 0.29) is 12.0 Å². The molecule has 1 aromatic carbocycles. The zero-order chi connectivity index (χ0) is 18.1. The van der Waals surface area contributed by atoms with Gasteiger partial charge in [-0.1, -0.05) is 11.6 Å². The summed E-state index contributed by atoms with van der Waals surface area (Å²) in [5.41, 5.74) is 4.18. The van der Waals surface area contributed by atoms with Crippen molar-refractivity contribution in [3.63, 3.8) is 0 Å². The number of aliphatic hydroxyl groups excluding tert-OH is 1. The summed E-state index contributed by atoms with van der Waals surface area (Å²) in [6.45, 7) is 4.31. The first-order valence-electron chi connectivity index (χ1n) is 8.77. The molecule has 2 unspecified atom stereocenters. The number of β-amino-alcohol motifs (C(OH)–C–C–N with tert-alkyl or cyclic N) is 1. The van der Waals surface area contributed by atoms with Crippen LogP contribution in [0, 0.1) is 12.8 Å². The molecular weight excluding hydrogens is 350 g/mol. The van der Waals surface area contributed by atoms with Crippen molar-refractivity contribution in [2.45, 2.75) is 26.0 Å². The molecule has 0 bridgehead atoms. The van der Waals surface area contributed by atoms with Gasteiger partial charge in [0.25, 0.3) is 0 Å². The standard InChI is InChI=1S/C19H22ClN5O/c1-13-6-17(23-22-13)7-15-11-24(12-19(15)26)9-14-8-21-25(10-14)18-4-2-16(20)3-5-18/h2-6,8,10,15,19,26H,7,9,11-12H2,1H3,(H,22,23). The predicted molar refractivity (Wildman–Crippen MR) is 100 cm³/mol. The van der Waals surface area contributed by atoms with Crippen LogP contribution >= 0.6 is 11.6 Å². The van der Waals surface area contributed by atoms with Crippen molar-refractivity contribution in [1.29, 1.82) is 0 Å². The molecule has 136 valence electrons. The second-order valence-corrected chi connectivity index (χ2v) is 7.47. The van der Waals surface area contributed by atoms with Crippen LogP contribution in [0.25, 0.3) is 5.69 Å². The Bertz CT molecular complexity index is 872. The van der Waals surface area contributed by atoms with E-state index in [1.807, 2.05) is 54.3 Å². The fourth-order valence-corrected chi connectivity index (χ4v) is 3.68. The molecule has 4 rings (SSSR count). The van der Waals surface area contributed by atoms with E-state index in [2.05, 4.69) is 20.2 Å². The van der Waals surface area contributed by atoms with Gasteiger partial charge < -0.3 is 5.11 Å². The van der Waals surface area contributed by atoms with E-state index >= 15 is 0 Å². The number of hydrogen-bond acceptors (Lipinski definition) is 4. The monoisotopic (exact) mass is 371 g/mol. The van der Waals surface area contributed by atoms with Gasteiger partial charge in [0.1, 0.15) is 0 Å². The molecule has 2 N–H and O–H groups in total. The smallest absolute Gasteiger partial charge is 0.0711 e. The van der Waals surface area contributed by atoms with Crippen LogP contribution in [0.5, 0.6) is 0 Å². The molecule has 3 heterocycles. The molecule has 2 atom stereocenters. The normalized spacial score (nSPS) is 20.7. The van der Waals surface area contributed by atoms with Crippen LogP contribution in [0.3, 0.4) is 0 Å². The number of likely N-dealkylation sites (tertiary alicyclic amines) is 1. The molecule has 2 aromatic heterocycles. The topological polar surface area (TPSA) is 70.0 Å². The Morgan fingerprint density at radius 2 is 2.08 bits per heavy atom. The Balaban J connectivity index is 1.38. The highest BCUT2D eigenvalue weighted by Gasteiger charge is 2.31. The highest BCUT2D eigenvalue weighted by molar-refractivity contribution is 6.30. The largest absolute Gasteiger partial charge is 0.391 e. The van der Waals surface area contributed by atoms with Gasteiger partial charge in [-0.05, 0) is 43.7 Å². The zero-order valence-electron chi connectivity index (χ0n) is 14.6. The number of aryl methyl sites for hydroxylation is 1. The first-order valence-corrected chi connectivity index (χ1v) is 9.15. The quantitative estimate of drug-likeness (QED) is 0.723. The minimum Gasteiger partial charge on any atom is -0.391 e. The minimum absolute atomic E-state index is 0.212. The van der Waals surface area contributed by atoms with Crippen molar-refractivity contribution in [2.75, 3.05) is 13.1 Å². The zero-order valence-corrected chi connectivity index (χ0v) is 15.4. The second kappa shape index (κ2) is 7.23. The molecule has 0 amide bonds. The van der Waals surface area contributed by atoms with E-state index in [0.717, 1.165) is 42.1 Å². The summed E-state index contributed by atoms with van der Waals surface area (Å²) in [4.78, 5) is 2.28. The van der Waals surface area contributed by atoms with E-state index in [9.17, 15) is 5.11 Å². The highest BCUT2D eigenvalue weighted by Crippen LogP contribution is 2.23. The molecule has 6 nitrogen and oxygen atoms in total. The number of benzene rings is 1. The Labute approximate surface area is 157 Å². The van der Waals surface area contributed by atoms with Gasteiger partial charge in [-0.15, -0.1) is 0 Å². The maximum atomic E-state index is 10.4. The van der Waals surface area contributed by atoms with Crippen molar-refractivity contribution in [1.82, 2.24) is 24.9 Å². The van der Waals surface area contributed by atoms with Crippen LogP contribution in [0.4, 0.5) is 0 Å². The number of rotatable bonds is 5. The Kier molecular flexibility index (Phi) is 4.80. The lowest BCUT2D eigenvalue weighted by Crippen LogP contribution is -2.21. The van der Waals surface area contributed by atoms with Crippen LogP contribution in [0.15, 0.2) is 42.7 Å². The molecule has 0 saturated carbocycles. The highest BCUT2D eigenvalue weighted by atomic mass is 35.5. The molecule has 26 heavy (non-hydrogen) atoms. The lowest BCUT2D eigenvalue weighted by atomic mass is 10.0. The van der Waals surface area contributed by atoms with Gasteiger partial charge in [-0.2, -0.15) is 10.2 Å². The van der Waals surface area contributed by atoms with Crippen LogP contribution in [-0.4, -0.2) is 49.2 Å². The van der Waals surface area contributed by atoms with E-state index in [0.29, 0.717) is 11.6 Å². The van der Waals surface area contributed by atoms with E-state index in [4.69, 9.17) is 11.6 Å². The third-order valence-corrected chi connectivity index (χ3v) is 5.10. The Hall–Kier alpha value is -2.15. The molecule has 7 heteroatoms. The average Bonchev–Trinajstić information content (AvgIpc) is 3.31. The first kappa shape index (κ1) is 17.3. The molecular formula is C19H22ClN5O. The number of aromatic nitrogens is 4. The van der Waals surface area contributed by atoms with Crippen molar-refractivity contribution >= 4 is 11.6 Å². The SMILES string of the molecule is Cc1cc(CC2CN(Cc3cnn(-c4ccc(Cl)cc4)c3)CC2O)n[nH]1. The van der Waals surface area contributed by atoms with Gasteiger partial charge in [-0.3, -0.25) is 10.00 Å². The van der Waals surface area contributed by atoms with Gasteiger partial charge >= 0.3 is 0 Å². The lowest BCUT2D eigenvalue weighted by Gasteiger charge is -2.13. The fraction of sp³-hybridized carbons (Fsp3) is 0.368. The van der Waals surface area contributed by atoms with Crippen molar-refractivity contribution in [3.8, 4) is 5.69 Å². The molecule has 1 aliphatic rings. The van der Waals surface area contributed by atoms with E-state index in [1.165, 1.54) is 0 Å². The van der Waals surface area contributed by atoms with E-state index in [1.54, 1.807) is 0 Å². The summed E-state index contributed by atoms with van der Waals surface area (Å²) in [5.74, 6) is 0.212. The van der Waals surface area contributed by atoms with Gasteiger partial charge in [0.2, 0.25) is 0 Å². The van der Waals surface area contributed by atoms with Crippen LogP contribution in [0.1, 0.15) is 17.0 Å². The van der Waals surface area contributed by atoms with Crippen molar-refractivity contribution in [2.24, 2.45) is 5.92 Å². The number of halogens is 1. The number of aromatic amines is 1. The third-order valence-electron chi connectivity index (χ3n) is 4.85. The summed E-state index contributed by atoms with van der Waals surface area (Å²) in [6.07, 6.45) is 4.38. The van der Waals surface area contributed by atoms with Gasteiger partial charge in [-0.25, -0.2) is 4.68 Å². The molecule has 0 aliphatic carbocycles.